The quantitative estimate of drug-likeness (QED) is 0.372. The molecule has 3 N–H and O–H groups in total. The van der Waals surface area contributed by atoms with Gasteiger partial charge in [-0.05, 0) is 42.5 Å². The number of aromatic nitrogens is 4. The minimum absolute atomic E-state index is 0.471. The average molecular weight is 387 g/mol. The molecule has 0 aliphatic heterocycles. The first-order valence-corrected chi connectivity index (χ1v) is 9.12. The summed E-state index contributed by atoms with van der Waals surface area (Å²) in [5.74, 6) is 1.18. The van der Waals surface area contributed by atoms with Crippen LogP contribution in [0.15, 0.2) is 72.9 Å². The standard InChI is InChI=1S/C21H15ClN6/c22-16-6-2-4-8-19(16)26-21-25-18-7-3-1-5-15(18)20(27-21)24-14-9-10-17-13(11-14)12-23-28-17/h1-12H,(H,23,28)(H2,24,25,26,27). The molecule has 2 aromatic heterocycles. The molecule has 136 valence electrons. The first kappa shape index (κ1) is 16.5. The Morgan fingerprint density at radius 2 is 1.71 bits per heavy atom. The van der Waals surface area contributed by atoms with Crippen LogP contribution in [0.5, 0.6) is 0 Å². The summed E-state index contributed by atoms with van der Waals surface area (Å²) in [6.07, 6.45) is 1.79. The lowest BCUT2D eigenvalue weighted by molar-refractivity contribution is 1.12. The Morgan fingerprint density at radius 3 is 2.64 bits per heavy atom. The maximum atomic E-state index is 6.26. The highest BCUT2D eigenvalue weighted by molar-refractivity contribution is 6.33. The number of halogens is 1. The van der Waals surface area contributed by atoms with Gasteiger partial charge in [0.15, 0.2) is 0 Å². The van der Waals surface area contributed by atoms with Gasteiger partial charge in [0.2, 0.25) is 5.95 Å². The molecule has 3 aromatic carbocycles. The molecule has 0 bridgehead atoms. The number of anilines is 4. The summed E-state index contributed by atoms with van der Waals surface area (Å²) in [5.41, 5.74) is 3.49. The summed E-state index contributed by atoms with van der Waals surface area (Å²) in [7, 11) is 0. The largest absolute Gasteiger partial charge is 0.340 e. The summed E-state index contributed by atoms with van der Waals surface area (Å²) in [4.78, 5) is 9.30. The van der Waals surface area contributed by atoms with E-state index in [1.807, 2.05) is 66.7 Å². The van der Waals surface area contributed by atoms with Crippen molar-refractivity contribution < 1.29 is 0 Å². The van der Waals surface area contributed by atoms with Gasteiger partial charge in [-0.15, -0.1) is 0 Å². The van der Waals surface area contributed by atoms with Crippen LogP contribution in [0.2, 0.25) is 5.02 Å². The van der Waals surface area contributed by atoms with Crippen molar-refractivity contribution in [3.8, 4) is 0 Å². The van der Waals surface area contributed by atoms with E-state index in [2.05, 4.69) is 30.8 Å². The number of hydrogen-bond acceptors (Lipinski definition) is 5. The van der Waals surface area contributed by atoms with E-state index in [1.54, 1.807) is 6.20 Å². The highest BCUT2D eigenvalue weighted by Gasteiger charge is 2.10. The fourth-order valence-corrected chi connectivity index (χ4v) is 3.25. The van der Waals surface area contributed by atoms with Gasteiger partial charge in [0.25, 0.3) is 0 Å². The van der Waals surface area contributed by atoms with Gasteiger partial charge in [-0.1, -0.05) is 35.9 Å². The zero-order valence-corrected chi connectivity index (χ0v) is 15.4. The lowest BCUT2D eigenvalue weighted by Crippen LogP contribution is -2.02. The van der Waals surface area contributed by atoms with Crippen molar-refractivity contribution >= 4 is 56.5 Å². The molecular weight excluding hydrogens is 372 g/mol. The number of para-hydroxylation sites is 2. The molecule has 0 saturated heterocycles. The molecule has 0 saturated carbocycles. The van der Waals surface area contributed by atoms with E-state index in [4.69, 9.17) is 11.6 Å². The third kappa shape index (κ3) is 3.10. The minimum atomic E-state index is 0.471. The van der Waals surface area contributed by atoms with E-state index in [0.29, 0.717) is 16.8 Å². The van der Waals surface area contributed by atoms with Gasteiger partial charge in [0.1, 0.15) is 5.82 Å². The van der Waals surface area contributed by atoms with Gasteiger partial charge in [0.05, 0.1) is 27.9 Å². The maximum absolute atomic E-state index is 6.26. The van der Waals surface area contributed by atoms with Crippen molar-refractivity contribution in [1.29, 1.82) is 0 Å². The summed E-state index contributed by atoms with van der Waals surface area (Å²) in [6, 6.07) is 21.4. The number of H-pyrrole nitrogens is 1. The molecular formula is C21H15ClN6. The normalized spacial score (nSPS) is 11.0. The molecule has 0 radical (unpaired) electrons. The molecule has 5 aromatic rings. The Labute approximate surface area is 165 Å². The number of fused-ring (bicyclic) bond motifs is 2. The van der Waals surface area contributed by atoms with Crippen LogP contribution >= 0.6 is 11.6 Å². The van der Waals surface area contributed by atoms with Gasteiger partial charge >= 0.3 is 0 Å². The number of rotatable bonds is 4. The summed E-state index contributed by atoms with van der Waals surface area (Å²) < 4.78 is 0. The second-order valence-electron chi connectivity index (χ2n) is 6.31. The molecule has 0 atom stereocenters. The van der Waals surface area contributed by atoms with Gasteiger partial charge < -0.3 is 10.6 Å². The van der Waals surface area contributed by atoms with Crippen LogP contribution in [0.3, 0.4) is 0 Å². The Kier molecular flexibility index (Phi) is 4.03. The molecule has 0 unspecified atom stereocenters. The number of aromatic amines is 1. The highest BCUT2D eigenvalue weighted by atomic mass is 35.5. The van der Waals surface area contributed by atoms with Crippen molar-refractivity contribution in [2.24, 2.45) is 0 Å². The van der Waals surface area contributed by atoms with E-state index in [-0.39, 0.29) is 0 Å². The zero-order valence-electron chi connectivity index (χ0n) is 14.6. The highest BCUT2D eigenvalue weighted by Crippen LogP contribution is 2.29. The van der Waals surface area contributed by atoms with Crippen LogP contribution in [-0.2, 0) is 0 Å². The monoisotopic (exact) mass is 386 g/mol. The van der Waals surface area contributed by atoms with Gasteiger partial charge in [-0.2, -0.15) is 10.1 Å². The van der Waals surface area contributed by atoms with E-state index >= 15 is 0 Å². The van der Waals surface area contributed by atoms with Crippen LogP contribution in [-0.4, -0.2) is 20.2 Å². The molecule has 0 fully saturated rings. The molecule has 0 amide bonds. The molecule has 5 rings (SSSR count). The van der Waals surface area contributed by atoms with Crippen LogP contribution in [0, 0.1) is 0 Å². The topological polar surface area (TPSA) is 78.5 Å². The molecule has 0 spiro atoms. The van der Waals surface area contributed by atoms with Crippen molar-refractivity contribution in [1.82, 2.24) is 20.2 Å². The smallest absolute Gasteiger partial charge is 0.229 e. The lowest BCUT2D eigenvalue weighted by Gasteiger charge is -2.12. The van der Waals surface area contributed by atoms with Crippen LogP contribution in [0.4, 0.5) is 23.1 Å². The second-order valence-corrected chi connectivity index (χ2v) is 6.72. The van der Waals surface area contributed by atoms with Gasteiger partial charge in [-0.3, -0.25) is 5.10 Å². The van der Waals surface area contributed by atoms with E-state index in [9.17, 15) is 0 Å². The van der Waals surface area contributed by atoms with Crippen molar-refractivity contribution in [2.45, 2.75) is 0 Å². The Bertz CT molecular complexity index is 1300. The van der Waals surface area contributed by atoms with Gasteiger partial charge in [-0.25, -0.2) is 4.98 Å². The molecule has 2 heterocycles. The van der Waals surface area contributed by atoms with Crippen molar-refractivity contribution in [3.63, 3.8) is 0 Å². The fourth-order valence-electron chi connectivity index (χ4n) is 3.07. The number of nitrogens with zero attached hydrogens (tertiary/aromatic N) is 3. The van der Waals surface area contributed by atoms with Crippen molar-refractivity contribution in [2.75, 3.05) is 10.6 Å². The van der Waals surface area contributed by atoms with Crippen LogP contribution in [0.25, 0.3) is 21.8 Å². The van der Waals surface area contributed by atoms with E-state index in [1.165, 1.54) is 0 Å². The van der Waals surface area contributed by atoms with Crippen LogP contribution in [0.1, 0.15) is 0 Å². The first-order valence-electron chi connectivity index (χ1n) is 8.75. The third-order valence-electron chi connectivity index (χ3n) is 4.43. The first-order chi connectivity index (χ1) is 13.8. The molecule has 0 aliphatic rings. The molecule has 6 nitrogen and oxygen atoms in total. The average Bonchev–Trinajstić information content (AvgIpc) is 3.18. The second kappa shape index (κ2) is 6.83. The Hall–Kier alpha value is -3.64. The fraction of sp³-hybridized carbons (Fsp3) is 0. The zero-order chi connectivity index (χ0) is 18.9. The van der Waals surface area contributed by atoms with Crippen LogP contribution < -0.4 is 10.6 Å². The predicted octanol–water partition coefficient (Wildman–Crippen LogP) is 5.65. The number of hydrogen-bond donors (Lipinski definition) is 3. The maximum Gasteiger partial charge on any atom is 0.229 e. The number of benzene rings is 3. The van der Waals surface area contributed by atoms with Gasteiger partial charge in [0, 0.05) is 16.5 Å². The minimum Gasteiger partial charge on any atom is -0.340 e. The third-order valence-corrected chi connectivity index (χ3v) is 4.76. The Morgan fingerprint density at radius 1 is 0.857 bits per heavy atom. The summed E-state index contributed by atoms with van der Waals surface area (Å²) in [5, 5.41) is 16.2. The SMILES string of the molecule is Clc1ccccc1Nc1nc(Nc2ccc3[nH]ncc3c2)c2ccccc2n1. The molecule has 28 heavy (non-hydrogen) atoms. The number of nitrogens with one attached hydrogen (secondary N) is 3. The van der Waals surface area contributed by atoms with E-state index < -0.39 is 0 Å². The van der Waals surface area contributed by atoms with Crippen molar-refractivity contribution in [3.05, 3.63) is 77.9 Å². The van der Waals surface area contributed by atoms with E-state index in [0.717, 1.165) is 33.2 Å². The predicted molar refractivity (Wildman–Crippen MR) is 114 cm³/mol. The summed E-state index contributed by atoms with van der Waals surface area (Å²) >= 11 is 6.26. The summed E-state index contributed by atoms with van der Waals surface area (Å²) in [6.45, 7) is 0. The molecule has 0 aliphatic carbocycles. The lowest BCUT2D eigenvalue weighted by atomic mass is 10.2. The molecule has 7 heteroatoms. The Balaban J connectivity index is 1.57.